The molecule has 0 aliphatic carbocycles. The molecule has 27 heavy (non-hydrogen) atoms. The highest BCUT2D eigenvalue weighted by molar-refractivity contribution is 7.86. The second-order valence-corrected chi connectivity index (χ2v) is 8.85. The molecule has 1 amide bonds. The molecule has 1 N–H and O–H groups in total. The smallest absolute Gasteiger partial charge is 0.282 e. The number of benzene rings is 1. The number of nitrogens with zero attached hydrogens (tertiary/aromatic N) is 3. The number of hydrogen-bond donors (Lipinski definition) is 1. The standard InChI is InChI=1S/C18H28N4O4S/c1-26-17-7-5-16(6-8-17)19-18(23)15-20-11-13-22(14-12-20)27(24,25)21-9-3-2-4-10-21/h5-8H,2-4,9-15H2,1H3,(H,19,23). The van der Waals surface area contributed by atoms with Gasteiger partial charge in [-0.05, 0) is 37.1 Å². The molecule has 0 atom stereocenters. The quantitative estimate of drug-likeness (QED) is 0.775. The van der Waals surface area contributed by atoms with Crippen LogP contribution in [0.15, 0.2) is 24.3 Å². The summed E-state index contributed by atoms with van der Waals surface area (Å²) in [6.07, 6.45) is 2.97. The molecule has 0 unspecified atom stereocenters. The number of methoxy groups -OCH3 is 1. The summed E-state index contributed by atoms with van der Waals surface area (Å²) in [5.41, 5.74) is 0.715. The van der Waals surface area contributed by atoms with Crippen LogP contribution in [0.5, 0.6) is 5.75 Å². The van der Waals surface area contributed by atoms with Crippen LogP contribution in [0.3, 0.4) is 0 Å². The van der Waals surface area contributed by atoms with Crippen molar-refractivity contribution in [3.63, 3.8) is 0 Å². The molecule has 3 rings (SSSR count). The Morgan fingerprint density at radius 2 is 1.56 bits per heavy atom. The van der Waals surface area contributed by atoms with Gasteiger partial charge in [-0.25, -0.2) is 0 Å². The molecule has 0 radical (unpaired) electrons. The van der Waals surface area contributed by atoms with E-state index < -0.39 is 10.2 Å². The number of piperazine rings is 1. The minimum absolute atomic E-state index is 0.104. The predicted molar refractivity (Wildman–Crippen MR) is 104 cm³/mol. The zero-order valence-electron chi connectivity index (χ0n) is 15.8. The van der Waals surface area contributed by atoms with Crippen LogP contribution in [-0.2, 0) is 15.0 Å². The number of amides is 1. The van der Waals surface area contributed by atoms with E-state index in [1.54, 1.807) is 40.0 Å². The summed E-state index contributed by atoms with van der Waals surface area (Å²) in [4.78, 5) is 14.2. The first-order chi connectivity index (χ1) is 13.0. The van der Waals surface area contributed by atoms with Gasteiger partial charge in [0.15, 0.2) is 0 Å². The van der Waals surface area contributed by atoms with Gasteiger partial charge in [0.05, 0.1) is 13.7 Å². The number of rotatable bonds is 6. The molecule has 150 valence electrons. The van der Waals surface area contributed by atoms with E-state index >= 15 is 0 Å². The summed E-state index contributed by atoms with van der Waals surface area (Å²) in [5, 5.41) is 2.86. The van der Waals surface area contributed by atoms with Crippen LogP contribution in [0.2, 0.25) is 0 Å². The number of anilines is 1. The van der Waals surface area contributed by atoms with Gasteiger partial charge >= 0.3 is 0 Å². The van der Waals surface area contributed by atoms with Crippen LogP contribution in [-0.4, -0.2) is 80.8 Å². The maximum absolute atomic E-state index is 12.7. The van der Waals surface area contributed by atoms with E-state index in [9.17, 15) is 13.2 Å². The fourth-order valence-electron chi connectivity index (χ4n) is 3.46. The Bertz CT molecular complexity index is 724. The lowest BCUT2D eigenvalue weighted by atomic mass is 10.2. The van der Waals surface area contributed by atoms with Gasteiger partial charge in [0.2, 0.25) is 5.91 Å². The van der Waals surface area contributed by atoms with Crippen molar-refractivity contribution in [3.8, 4) is 5.75 Å². The van der Waals surface area contributed by atoms with Gasteiger partial charge in [-0.2, -0.15) is 17.0 Å². The largest absolute Gasteiger partial charge is 0.497 e. The Morgan fingerprint density at radius 1 is 0.963 bits per heavy atom. The number of carbonyl (C=O) groups is 1. The fourth-order valence-corrected chi connectivity index (χ4v) is 5.13. The molecule has 0 aromatic heterocycles. The Hall–Kier alpha value is -1.68. The SMILES string of the molecule is COc1ccc(NC(=O)CN2CCN(S(=O)(=O)N3CCCCC3)CC2)cc1. The third-order valence-corrected chi connectivity index (χ3v) is 7.08. The first-order valence-corrected chi connectivity index (χ1v) is 10.8. The third kappa shape index (κ3) is 5.19. The first kappa shape index (κ1) is 20.1. The average Bonchev–Trinajstić information content (AvgIpc) is 2.69. The van der Waals surface area contributed by atoms with Crippen molar-refractivity contribution < 1.29 is 17.9 Å². The van der Waals surface area contributed by atoms with Gasteiger partial charge in [-0.1, -0.05) is 6.42 Å². The molecule has 2 heterocycles. The van der Waals surface area contributed by atoms with Crippen molar-refractivity contribution in [1.29, 1.82) is 0 Å². The van der Waals surface area contributed by atoms with E-state index in [4.69, 9.17) is 4.74 Å². The van der Waals surface area contributed by atoms with Crippen LogP contribution < -0.4 is 10.1 Å². The monoisotopic (exact) mass is 396 g/mol. The van der Waals surface area contributed by atoms with Gasteiger partial charge in [0.25, 0.3) is 10.2 Å². The van der Waals surface area contributed by atoms with Gasteiger partial charge in [0.1, 0.15) is 5.75 Å². The van der Waals surface area contributed by atoms with E-state index in [-0.39, 0.29) is 12.5 Å². The number of piperidine rings is 1. The Kier molecular flexibility index (Phi) is 6.69. The van der Waals surface area contributed by atoms with Crippen LogP contribution in [0.1, 0.15) is 19.3 Å². The van der Waals surface area contributed by atoms with Crippen molar-refractivity contribution in [2.24, 2.45) is 0 Å². The summed E-state index contributed by atoms with van der Waals surface area (Å²) in [6, 6.07) is 7.17. The highest BCUT2D eigenvalue weighted by atomic mass is 32.2. The third-order valence-electron chi connectivity index (χ3n) is 5.04. The Balaban J connectivity index is 1.46. The predicted octanol–water partition coefficient (Wildman–Crippen LogP) is 0.982. The maximum atomic E-state index is 12.7. The highest BCUT2D eigenvalue weighted by Crippen LogP contribution is 2.18. The van der Waals surface area contributed by atoms with Crippen LogP contribution in [0.4, 0.5) is 5.69 Å². The molecule has 2 saturated heterocycles. The fraction of sp³-hybridized carbons (Fsp3) is 0.611. The lowest BCUT2D eigenvalue weighted by Gasteiger charge is -2.37. The molecular formula is C18H28N4O4S. The first-order valence-electron chi connectivity index (χ1n) is 9.40. The minimum Gasteiger partial charge on any atom is -0.497 e. The van der Waals surface area contributed by atoms with Crippen molar-refractivity contribution in [3.05, 3.63) is 24.3 Å². The molecule has 0 saturated carbocycles. The summed E-state index contributed by atoms with van der Waals surface area (Å²) in [5.74, 6) is 0.631. The number of hydrogen-bond acceptors (Lipinski definition) is 5. The summed E-state index contributed by atoms with van der Waals surface area (Å²) < 4.78 is 33.7. The highest BCUT2D eigenvalue weighted by Gasteiger charge is 2.33. The molecular weight excluding hydrogens is 368 g/mol. The maximum Gasteiger partial charge on any atom is 0.282 e. The zero-order chi connectivity index (χ0) is 19.3. The van der Waals surface area contributed by atoms with E-state index in [1.807, 2.05) is 4.90 Å². The molecule has 8 nitrogen and oxygen atoms in total. The molecule has 0 bridgehead atoms. The van der Waals surface area contributed by atoms with E-state index in [1.165, 1.54) is 0 Å². The Morgan fingerprint density at radius 3 is 2.15 bits per heavy atom. The molecule has 2 fully saturated rings. The Labute approximate surface area is 161 Å². The van der Waals surface area contributed by atoms with Crippen LogP contribution in [0, 0.1) is 0 Å². The van der Waals surface area contributed by atoms with E-state index in [2.05, 4.69) is 5.32 Å². The number of carbonyl (C=O) groups excluding carboxylic acids is 1. The van der Waals surface area contributed by atoms with Crippen molar-refractivity contribution >= 4 is 21.8 Å². The van der Waals surface area contributed by atoms with Gasteiger partial charge < -0.3 is 10.1 Å². The topological polar surface area (TPSA) is 82.2 Å². The molecule has 0 spiro atoms. The summed E-state index contributed by atoms with van der Waals surface area (Å²) in [7, 11) is -1.77. The normalized spacial score (nSPS) is 20.3. The van der Waals surface area contributed by atoms with Crippen molar-refractivity contribution in [2.75, 3.05) is 58.2 Å². The summed E-state index contributed by atoms with van der Waals surface area (Å²) in [6.45, 7) is 3.46. The van der Waals surface area contributed by atoms with Gasteiger partial charge in [-0.3, -0.25) is 9.69 Å². The van der Waals surface area contributed by atoms with Crippen LogP contribution in [0.25, 0.3) is 0 Å². The molecule has 1 aromatic carbocycles. The van der Waals surface area contributed by atoms with Crippen molar-refractivity contribution in [1.82, 2.24) is 13.5 Å². The average molecular weight is 397 g/mol. The van der Waals surface area contributed by atoms with Crippen LogP contribution >= 0.6 is 0 Å². The van der Waals surface area contributed by atoms with E-state index in [0.717, 1.165) is 25.0 Å². The second-order valence-electron chi connectivity index (χ2n) is 6.92. The molecule has 1 aromatic rings. The van der Waals surface area contributed by atoms with Gasteiger partial charge in [-0.15, -0.1) is 0 Å². The molecule has 2 aliphatic heterocycles. The molecule has 2 aliphatic rings. The van der Waals surface area contributed by atoms with Gasteiger partial charge in [0, 0.05) is 45.0 Å². The van der Waals surface area contributed by atoms with E-state index in [0.29, 0.717) is 45.0 Å². The summed E-state index contributed by atoms with van der Waals surface area (Å²) >= 11 is 0. The second kappa shape index (κ2) is 9.01. The number of ether oxygens (including phenoxy) is 1. The number of nitrogens with one attached hydrogen (secondary N) is 1. The minimum atomic E-state index is -3.36. The van der Waals surface area contributed by atoms with Crippen molar-refractivity contribution in [2.45, 2.75) is 19.3 Å². The lowest BCUT2D eigenvalue weighted by molar-refractivity contribution is -0.117. The molecule has 9 heteroatoms. The zero-order valence-corrected chi connectivity index (χ0v) is 16.6. The lowest BCUT2D eigenvalue weighted by Crippen LogP contribution is -2.54.